The van der Waals surface area contributed by atoms with Crippen molar-refractivity contribution in [1.29, 1.82) is 0 Å². The molecular formula is C52H31N3O2. The number of nitrogens with zero attached hydrogens (tertiary/aromatic N) is 3. The fourth-order valence-electron chi connectivity index (χ4n) is 8.80. The molecule has 0 saturated heterocycles. The lowest BCUT2D eigenvalue weighted by Gasteiger charge is -2.15. The summed E-state index contributed by atoms with van der Waals surface area (Å²) in [6, 6.07) is 63.4. The van der Waals surface area contributed by atoms with E-state index in [1.165, 1.54) is 33.4 Å². The van der Waals surface area contributed by atoms with E-state index in [-0.39, 0.29) is 5.92 Å². The second-order valence-corrected chi connectivity index (χ2v) is 14.7. The van der Waals surface area contributed by atoms with E-state index in [1.54, 1.807) is 0 Å². The molecule has 11 aromatic rings. The van der Waals surface area contributed by atoms with Crippen LogP contribution in [0.5, 0.6) is 0 Å². The van der Waals surface area contributed by atoms with Crippen LogP contribution in [-0.2, 0) is 0 Å². The quantitative estimate of drug-likeness (QED) is 0.176. The summed E-state index contributed by atoms with van der Waals surface area (Å²) in [5.74, 6) is 1.72. The highest BCUT2D eigenvalue weighted by Crippen LogP contribution is 2.51. The summed E-state index contributed by atoms with van der Waals surface area (Å²) in [6.45, 7) is 0. The van der Waals surface area contributed by atoms with E-state index in [1.807, 2.05) is 60.7 Å². The molecule has 0 radical (unpaired) electrons. The lowest BCUT2D eigenvalue weighted by Crippen LogP contribution is -2.00. The second kappa shape index (κ2) is 12.4. The average molecular weight is 730 g/mol. The van der Waals surface area contributed by atoms with Crippen molar-refractivity contribution in [3.63, 3.8) is 0 Å². The van der Waals surface area contributed by atoms with Crippen molar-refractivity contribution in [2.45, 2.75) is 5.92 Å². The van der Waals surface area contributed by atoms with Crippen molar-refractivity contribution >= 4 is 43.9 Å². The molecule has 12 rings (SSSR count). The summed E-state index contributed by atoms with van der Waals surface area (Å²) in [5.41, 5.74) is 14.5. The van der Waals surface area contributed by atoms with Crippen LogP contribution < -0.4 is 0 Å². The first kappa shape index (κ1) is 31.7. The first-order valence-corrected chi connectivity index (χ1v) is 19.2. The van der Waals surface area contributed by atoms with E-state index in [0.29, 0.717) is 17.5 Å². The molecule has 8 aromatic carbocycles. The molecule has 0 aliphatic heterocycles. The Hall–Kier alpha value is -7.63. The molecule has 1 aliphatic rings. The van der Waals surface area contributed by atoms with Gasteiger partial charge in [-0.1, -0.05) is 152 Å². The highest BCUT2D eigenvalue weighted by molar-refractivity contribution is 6.09. The Balaban J connectivity index is 1.01. The SMILES string of the molecule is c1ccc(-c2ccc3c(c2)-c2ccccc2C3c2cccc3c2oc2cc(-c4nc(-c5ccccc5)nc(-c5cccc6c5oc5ccccc56)n4)ccc23)cc1. The van der Waals surface area contributed by atoms with Crippen LogP contribution in [0.1, 0.15) is 22.6 Å². The van der Waals surface area contributed by atoms with E-state index in [0.717, 1.165) is 66.1 Å². The maximum absolute atomic E-state index is 6.92. The molecule has 0 bridgehead atoms. The van der Waals surface area contributed by atoms with E-state index >= 15 is 0 Å². The van der Waals surface area contributed by atoms with E-state index in [4.69, 9.17) is 23.8 Å². The Morgan fingerprint density at radius 1 is 0.316 bits per heavy atom. The van der Waals surface area contributed by atoms with Crippen molar-refractivity contribution in [2.75, 3.05) is 0 Å². The summed E-state index contributed by atoms with van der Waals surface area (Å²) < 4.78 is 13.3. The van der Waals surface area contributed by atoms with Crippen LogP contribution in [-0.4, -0.2) is 15.0 Å². The first-order chi connectivity index (χ1) is 28.2. The number of aromatic nitrogens is 3. The van der Waals surface area contributed by atoms with Gasteiger partial charge in [0.2, 0.25) is 0 Å². The highest BCUT2D eigenvalue weighted by atomic mass is 16.3. The van der Waals surface area contributed by atoms with Crippen molar-refractivity contribution in [1.82, 2.24) is 15.0 Å². The van der Waals surface area contributed by atoms with Gasteiger partial charge in [-0.3, -0.25) is 0 Å². The predicted molar refractivity (Wildman–Crippen MR) is 229 cm³/mol. The van der Waals surface area contributed by atoms with Gasteiger partial charge >= 0.3 is 0 Å². The minimum Gasteiger partial charge on any atom is -0.456 e. The van der Waals surface area contributed by atoms with Gasteiger partial charge in [-0.15, -0.1) is 0 Å². The Morgan fingerprint density at radius 3 is 1.75 bits per heavy atom. The first-order valence-electron chi connectivity index (χ1n) is 19.2. The lowest BCUT2D eigenvalue weighted by atomic mass is 9.87. The number of hydrogen-bond donors (Lipinski definition) is 0. The van der Waals surface area contributed by atoms with Gasteiger partial charge in [-0.05, 0) is 63.7 Å². The average Bonchev–Trinajstić information content (AvgIpc) is 3.96. The summed E-state index contributed by atoms with van der Waals surface area (Å²) in [4.78, 5) is 15.2. The predicted octanol–water partition coefficient (Wildman–Crippen LogP) is 13.5. The van der Waals surface area contributed by atoms with Crippen molar-refractivity contribution in [2.24, 2.45) is 0 Å². The fourth-order valence-corrected chi connectivity index (χ4v) is 8.80. The number of hydrogen-bond acceptors (Lipinski definition) is 5. The maximum Gasteiger partial charge on any atom is 0.167 e. The van der Waals surface area contributed by atoms with Crippen LogP contribution in [0.15, 0.2) is 191 Å². The molecule has 0 spiro atoms. The van der Waals surface area contributed by atoms with E-state index in [9.17, 15) is 0 Å². The summed E-state index contributed by atoms with van der Waals surface area (Å²) in [6.07, 6.45) is 0. The smallest absolute Gasteiger partial charge is 0.167 e. The molecule has 3 aromatic heterocycles. The minimum absolute atomic E-state index is 0.0326. The van der Waals surface area contributed by atoms with Gasteiger partial charge in [-0.25, -0.2) is 15.0 Å². The van der Waals surface area contributed by atoms with Gasteiger partial charge in [0.25, 0.3) is 0 Å². The summed E-state index contributed by atoms with van der Waals surface area (Å²) in [7, 11) is 0. The van der Waals surface area contributed by atoms with Crippen LogP contribution in [0.25, 0.3) is 100 Å². The fraction of sp³-hybridized carbons (Fsp3) is 0.0192. The van der Waals surface area contributed by atoms with Gasteiger partial charge in [0.05, 0.1) is 5.56 Å². The molecule has 266 valence electrons. The zero-order valence-electron chi connectivity index (χ0n) is 30.6. The largest absolute Gasteiger partial charge is 0.456 e. The highest BCUT2D eigenvalue weighted by Gasteiger charge is 2.32. The molecule has 1 atom stereocenters. The number of para-hydroxylation sites is 3. The molecule has 5 heteroatoms. The van der Waals surface area contributed by atoms with Crippen molar-refractivity contribution in [3.8, 4) is 56.4 Å². The monoisotopic (exact) mass is 729 g/mol. The molecule has 0 N–H and O–H groups in total. The third-order valence-electron chi connectivity index (χ3n) is 11.4. The van der Waals surface area contributed by atoms with Gasteiger partial charge in [0, 0.05) is 44.2 Å². The molecule has 0 amide bonds. The van der Waals surface area contributed by atoms with Gasteiger partial charge in [0.15, 0.2) is 17.5 Å². The van der Waals surface area contributed by atoms with E-state index < -0.39 is 0 Å². The number of fused-ring (bicyclic) bond motifs is 9. The van der Waals surface area contributed by atoms with Gasteiger partial charge < -0.3 is 8.83 Å². The standard InChI is InChI=1S/C52H31N3O2/c1-3-13-31(14-4-1)33-25-28-39-44(29-33)35-17-7-8-19-38(35)47(39)42-22-11-20-41-37-27-26-34(30-46(37)57-48(41)42)51-53-50(32-15-5-2-6-16-32)54-52(55-51)43-23-12-21-40-36-18-9-10-24-45(36)56-49(40)43/h1-30,47H. The molecule has 57 heavy (non-hydrogen) atoms. The number of furan rings is 2. The van der Waals surface area contributed by atoms with Gasteiger partial charge in [-0.2, -0.15) is 0 Å². The Labute approximate surface area is 327 Å². The Morgan fingerprint density at radius 2 is 0.895 bits per heavy atom. The molecule has 0 fully saturated rings. The lowest BCUT2D eigenvalue weighted by molar-refractivity contribution is 0.661. The van der Waals surface area contributed by atoms with Crippen LogP contribution in [0.4, 0.5) is 0 Å². The third kappa shape index (κ3) is 4.99. The molecule has 0 saturated carbocycles. The summed E-state index contributed by atoms with van der Waals surface area (Å²) >= 11 is 0. The normalized spacial score (nSPS) is 13.4. The maximum atomic E-state index is 6.92. The Kier molecular flexibility index (Phi) is 6.92. The molecule has 3 heterocycles. The topological polar surface area (TPSA) is 65.0 Å². The molecule has 1 unspecified atom stereocenters. The zero-order chi connectivity index (χ0) is 37.5. The number of rotatable bonds is 5. The van der Waals surface area contributed by atoms with Crippen LogP contribution >= 0.6 is 0 Å². The third-order valence-corrected chi connectivity index (χ3v) is 11.4. The summed E-state index contributed by atoms with van der Waals surface area (Å²) in [5, 5.41) is 4.21. The number of benzene rings is 8. The molecule has 1 aliphatic carbocycles. The van der Waals surface area contributed by atoms with Crippen LogP contribution in [0.2, 0.25) is 0 Å². The van der Waals surface area contributed by atoms with Gasteiger partial charge in [0.1, 0.15) is 22.3 Å². The van der Waals surface area contributed by atoms with Crippen LogP contribution in [0, 0.1) is 0 Å². The van der Waals surface area contributed by atoms with E-state index in [2.05, 4.69) is 121 Å². The zero-order valence-corrected chi connectivity index (χ0v) is 30.6. The second-order valence-electron chi connectivity index (χ2n) is 14.7. The molecule has 5 nitrogen and oxygen atoms in total. The van der Waals surface area contributed by atoms with Crippen LogP contribution in [0.3, 0.4) is 0 Å². The molecular weight excluding hydrogens is 699 g/mol. The van der Waals surface area contributed by atoms with Crippen molar-refractivity contribution < 1.29 is 8.83 Å². The Bertz CT molecular complexity index is 3360. The van der Waals surface area contributed by atoms with Crippen molar-refractivity contribution in [3.05, 3.63) is 199 Å². The minimum atomic E-state index is 0.0326.